The summed E-state index contributed by atoms with van der Waals surface area (Å²) in [5.41, 5.74) is 1.75. The summed E-state index contributed by atoms with van der Waals surface area (Å²) >= 11 is 0. The fourth-order valence-corrected chi connectivity index (χ4v) is 3.44. The molecule has 0 unspecified atom stereocenters. The number of hydrogen-bond donors (Lipinski definition) is 1. The molecule has 0 spiro atoms. The maximum atomic E-state index is 11.8. The van der Waals surface area contributed by atoms with Crippen LogP contribution in [0.2, 0.25) is 0 Å². The summed E-state index contributed by atoms with van der Waals surface area (Å²) in [5.74, 6) is 0. The molecule has 0 bridgehead atoms. The van der Waals surface area contributed by atoms with Crippen LogP contribution in [0.5, 0.6) is 0 Å². The summed E-state index contributed by atoms with van der Waals surface area (Å²) in [6, 6.07) is 12.4. The molecule has 0 aliphatic carbocycles. The lowest BCUT2D eigenvalue weighted by Gasteiger charge is -2.26. The lowest BCUT2D eigenvalue weighted by Crippen LogP contribution is -2.28. The van der Waals surface area contributed by atoms with Crippen molar-refractivity contribution in [1.82, 2.24) is 0 Å². The summed E-state index contributed by atoms with van der Waals surface area (Å²) in [7, 11) is -3.69. The Morgan fingerprint density at radius 3 is 2.24 bits per heavy atom. The lowest BCUT2D eigenvalue weighted by atomic mass is 9.84. The van der Waals surface area contributed by atoms with Gasteiger partial charge in [0.25, 0.3) is 0 Å². The molecule has 2 rings (SSSR count). The molecule has 2 aromatic rings. The molecule has 7 heteroatoms. The van der Waals surface area contributed by atoms with E-state index in [4.69, 9.17) is 0 Å². The van der Waals surface area contributed by atoms with E-state index in [1.54, 1.807) is 0 Å². The van der Waals surface area contributed by atoms with Gasteiger partial charge in [0.15, 0.2) is 9.84 Å². The summed E-state index contributed by atoms with van der Waals surface area (Å²) < 4.78 is 23.7. The molecule has 0 aromatic heterocycles. The van der Waals surface area contributed by atoms with Crippen molar-refractivity contribution in [2.45, 2.75) is 31.1 Å². The van der Waals surface area contributed by atoms with Gasteiger partial charge in [-0.2, -0.15) is 0 Å². The highest BCUT2D eigenvalue weighted by molar-refractivity contribution is 7.90. The van der Waals surface area contributed by atoms with Gasteiger partial charge in [0, 0.05) is 18.2 Å². The van der Waals surface area contributed by atoms with Gasteiger partial charge >= 0.3 is 5.69 Å². The number of aryl methyl sites for hydroxylation is 1. The van der Waals surface area contributed by atoms with Crippen molar-refractivity contribution in [2.24, 2.45) is 0 Å². The van der Waals surface area contributed by atoms with Crippen LogP contribution >= 0.6 is 0 Å². The molecule has 25 heavy (non-hydrogen) atoms. The molecule has 2 aromatic carbocycles. The molecule has 0 aliphatic rings. The minimum Gasteiger partial charge on any atom is -0.379 e. The van der Waals surface area contributed by atoms with Crippen LogP contribution in [-0.2, 0) is 15.3 Å². The first-order valence-corrected chi connectivity index (χ1v) is 9.70. The number of hydrogen-bond acceptors (Lipinski definition) is 5. The van der Waals surface area contributed by atoms with E-state index in [0.29, 0.717) is 6.54 Å². The van der Waals surface area contributed by atoms with Gasteiger partial charge in [-0.05, 0) is 24.6 Å². The van der Waals surface area contributed by atoms with Crippen LogP contribution in [0.4, 0.5) is 11.4 Å². The molecule has 134 valence electrons. The Labute approximate surface area is 148 Å². The molecule has 0 saturated heterocycles. The van der Waals surface area contributed by atoms with Gasteiger partial charge in [-0.15, -0.1) is 0 Å². The van der Waals surface area contributed by atoms with Gasteiger partial charge in [0.1, 0.15) is 10.6 Å². The van der Waals surface area contributed by atoms with Crippen molar-refractivity contribution in [3.63, 3.8) is 0 Å². The van der Waals surface area contributed by atoms with Gasteiger partial charge in [-0.1, -0.05) is 49.7 Å². The summed E-state index contributed by atoms with van der Waals surface area (Å²) in [5, 5.41) is 14.5. The number of nitro benzene ring substituents is 1. The zero-order chi connectivity index (χ0) is 18.8. The average Bonchev–Trinajstić information content (AvgIpc) is 2.52. The average molecular weight is 362 g/mol. The number of anilines is 1. The highest BCUT2D eigenvalue weighted by atomic mass is 32.2. The monoisotopic (exact) mass is 362 g/mol. The van der Waals surface area contributed by atoms with E-state index in [2.05, 4.69) is 5.32 Å². The van der Waals surface area contributed by atoms with Crippen LogP contribution < -0.4 is 5.32 Å². The maximum Gasteiger partial charge on any atom is 0.310 e. The van der Waals surface area contributed by atoms with Crippen LogP contribution in [0.25, 0.3) is 0 Å². The van der Waals surface area contributed by atoms with Gasteiger partial charge in [0.2, 0.25) is 0 Å². The first kappa shape index (κ1) is 18.9. The number of para-hydroxylation sites is 1. The van der Waals surface area contributed by atoms with Crippen LogP contribution in [-0.4, -0.2) is 26.1 Å². The smallest absolute Gasteiger partial charge is 0.310 e. The lowest BCUT2D eigenvalue weighted by molar-refractivity contribution is -0.386. The second kappa shape index (κ2) is 6.84. The van der Waals surface area contributed by atoms with E-state index >= 15 is 0 Å². The van der Waals surface area contributed by atoms with Crippen molar-refractivity contribution < 1.29 is 13.3 Å². The Morgan fingerprint density at radius 1 is 1.12 bits per heavy atom. The molecule has 0 aliphatic heterocycles. The summed E-state index contributed by atoms with van der Waals surface area (Å²) in [6.07, 6.45) is 0.968. The predicted octanol–water partition coefficient (Wildman–Crippen LogP) is 3.70. The van der Waals surface area contributed by atoms with E-state index in [9.17, 15) is 18.5 Å². The molecule has 0 atom stereocenters. The maximum absolute atomic E-state index is 11.8. The van der Waals surface area contributed by atoms with Crippen molar-refractivity contribution in [3.8, 4) is 0 Å². The molecular formula is C18H22N2O4S. The van der Waals surface area contributed by atoms with Gasteiger partial charge < -0.3 is 5.32 Å². The molecule has 1 N–H and O–H groups in total. The number of rotatable bonds is 6. The first-order chi connectivity index (χ1) is 11.5. The van der Waals surface area contributed by atoms with Gasteiger partial charge in [0.05, 0.1) is 4.92 Å². The number of nitrogens with zero attached hydrogens (tertiary/aromatic N) is 1. The Hall–Kier alpha value is -2.41. The first-order valence-electron chi connectivity index (χ1n) is 7.81. The number of benzene rings is 2. The topological polar surface area (TPSA) is 89.3 Å². The van der Waals surface area contributed by atoms with E-state index in [1.807, 2.05) is 45.0 Å². The molecule has 0 saturated carbocycles. The van der Waals surface area contributed by atoms with Crippen LogP contribution in [0, 0.1) is 17.0 Å². The van der Waals surface area contributed by atoms with Crippen LogP contribution in [0.3, 0.4) is 0 Å². The molecular weight excluding hydrogens is 340 g/mol. The van der Waals surface area contributed by atoms with E-state index in [1.165, 1.54) is 18.2 Å². The largest absolute Gasteiger partial charge is 0.379 e. The van der Waals surface area contributed by atoms with Gasteiger partial charge in [-0.25, -0.2) is 8.42 Å². The Balaban J connectivity index is 2.34. The molecule has 0 amide bonds. The quantitative estimate of drug-likeness (QED) is 0.625. The normalized spacial score (nSPS) is 12.0. The standard InChI is InChI=1S/C18H22N2O4S/c1-13-8-10-14(11-9-13)18(2,3)12-19-15-6-5-7-16(25(4,23)24)17(15)20(21)22/h5-11,19H,12H2,1-4H3. The molecule has 0 radical (unpaired) electrons. The predicted molar refractivity (Wildman–Crippen MR) is 98.9 cm³/mol. The number of sulfone groups is 1. The van der Waals surface area contributed by atoms with Gasteiger partial charge in [-0.3, -0.25) is 10.1 Å². The van der Waals surface area contributed by atoms with E-state index in [0.717, 1.165) is 17.4 Å². The Bertz CT molecular complexity index is 888. The zero-order valence-electron chi connectivity index (χ0n) is 14.7. The summed E-state index contributed by atoms with van der Waals surface area (Å²) in [6.45, 7) is 6.48. The Morgan fingerprint density at radius 2 is 1.72 bits per heavy atom. The number of nitro groups is 1. The third-order valence-electron chi connectivity index (χ3n) is 4.13. The minimum absolute atomic E-state index is 0.202. The molecule has 0 fully saturated rings. The third kappa shape index (κ3) is 4.36. The Kier molecular flexibility index (Phi) is 5.17. The zero-order valence-corrected chi connectivity index (χ0v) is 15.6. The number of nitrogens with one attached hydrogen (secondary N) is 1. The minimum atomic E-state index is -3.69. The fraction of sp³-hybridized carbons (Fsp3) is 0.333. The van der Waals surface area contributed by atoms with Crippen molar-refractivity contribution in [1.29, 1.82) is 0 Å². The summed E-state index contributed by atoms with van der Waals surface area (Å²) in [4.78, 5) is 10.5. The van der Waals surface area contributed by atoms with E-state index in [-0.39, 0.29) is 16.0 Å². The fourth-order valence-electron chi connectivity index (χ4n) is 2.58. The highest BCUT2D eigenvalue weighted by Crippen LogP contribution is 2.33. The van der Waals surface area contributed by atoms with Crippen LogP contribution in [0.1, 0.15) is 25.0 Å². The third-order valence-corrected chi connectivity index (χ3v) is 5.26. The van der Waals surface area contributed by atoms with Crippen molar-refractivity contribution in [3.05, 3.63) is 63.7 Å². The highest BCUT2D eigenvalue weighted by Gasteiger charge is 2.27. The van der Waals surface area contributed by atoms with Crippen LogP contribution in [0.15, 0.2) is 47.4 Å². The molecule has 0 heterocycles. The second-order valence-electron chi connectivity index (χ2n) is 6.79. The van der Waals surface area contributed by atoms with Crippen molar-refractivity contribution in [2.75, 3.05) is 18.1 Å². The van der Waals surface area contributed by atoms with E-state index < -0.39 is 20.4 Å². The second-order valence-corrected chi connectivity index (χ2v) is 8.77. The van der Waals surface area contributed by atoms with Crippen molar-refractivity contribution >= 4 is 21.2 Å². The SMILES string of the molecule is Cc1ccc(C(C)(C)CNc2cccc(S(C)(=O)=O)c2[N+](=O)[O-])cc1. The molecule has 6 nitrogen and oxygen atoms in total.